The van der Waals surface area contributed by atoms with Crippen LogP contribution in [0, 0.1) is 11.8 Å². The van der Waals surface area contributed by atoms with Crippen molar-refractivity contribution >= 4 is 29.9 Å². The molecule has 0 bridgehead atoms. The van der Waals surface area contributed by atoms with Gasteiger partial charge in [-0.1, -0.05) is 13.8 Å². The van der Waals surface area contributed by atoms with Gasteiger partial charge < -0.3 is 15.8 Å². The van der Waals surface area contributed by atoms with Crippen LogP contribution in [0.15, 0.2) is 4.99 Å². The molecule has 0 aliphatic heterocycles. The first-order valence-electron chi connectivity index (χ1n) is 6.30. The lowest BCUT2D eigenvalue weighted by Gasteiger charge is -2.07. The van der Waals surface area contributed by atoms with Crippen LogP contribution in [0.4, 0.5) is 0 Å². The number of hydrogen-bond donors (Lipinski definition) is 2. The van der Waals surface area contributed by atoms with Crippen molar-refractivity contribution in [3.63, 3.8) is 0 Å². The van der Waals surface area contributed by atoms with E-state index >= 15 is 0 Å². The first-order valence-corrected chi connectivity index (χ1v) is 6.30. The van der Waals surface area contributed by atoms with Gasteiger partial charge in [-0.3, -0.25) is 4.99 Å². The van der Waals surface area contributed by atoms with Crippen LogP contribution in [0.3, 0.4) is 0 Å². The number of guanidine groups is 1. The molecule has 0 aromatic rings. The molecule has 0 atom stereocenters. The lowest BCUT2D eigenvalue weighted by atomic mass is 10.1. The van der Waals surface area contributed by atoms with Crippen molar-refractivity contribution in [2.24, 2.45) is 22.6 Å². The van der Waals surface area contributed by atoms with Gasteiger partial charge in [0.25, 0.3) is 0 Å². The third kappa shape index (κ3) is 10.8. The number of aliphatic imine (C=N–C) groups is 1. The molecule has 1 fully saturated rings. The predicted octanol–water partition coefficient (Wildman–Crippen LogP) is 1.98. The molecular weight excluding hydrogens is 329 g/mol. The van der Waals surface area contributed by atoms with E-state index in [1.807, 2.05) is 0 Å². The van der Waals surface area contributed by atoms with E-state index in [0.29, 0.717) is 11.9 Å². The average Bonchev–Trinajstić information content (AvgIpc) is 3.00. The maximum absolute atomic E-state index is 5.70. The van der Waals surface area contributed by atoms with Crippen molar-refractivity contribution in [1.82, 2.24) is 5.32 Å². The van der Waals surface area contributed by atoms with Crippen LogP contribution in [0.25, 0.3) is 0 Å². The monoisotopic (exact) mass is 355 g/mol. The summed E-state index contributed by atoms with van der Waals surface area (Å²) in [4.78, 5) is 4.24. The lowest BCUT2D eigenvalue weighted by molar-refractivity contribution is 0.129. The Bertz CT molecular complexity index is 218. The molecule has 0 spiro atoms. The van der Waals surface area contributed by atoms with Crippen molar-refractivity contribution < 1.29 is 4.74 Å². The molecule has 1 aliphatic carbocycles. The second-order valence-electron chi connectivity index (χ2n) is 4.89. The fourth-order valence-corrected chi connectivity index (χ4v) is 1.28. The summed E-state index contributed by atoms with van der Waals surface area (Å²) in [6, 6.07) is 0. The van der Waals surface area contributed by atoms with E-state index in [4.69, 9.17) is 10.5 Å². The van der Waals surface area contributed by atoms with Crippen LogP contribution >= 0.6 is 24.0 Å². The van der Waals surface area contributed by atoms with E-state index in [9.17, 15) is 0 Å². The van der Waals surface area contributed by atoms with Gasteiger partial charge in [-0.05, 0) is 31.1 Å². The van der Waals surface area contributed by atoms with E-state index in [0.717, 1.165) is 38.6 Å². The molecule has 0 unspecified atom stereocenters. The molecule has 0 heterocycles. The molecule has 1 rings (SSSR count). The molecule has 1 saturated carbocycles. The predicted molar refractivity (Wildman–Crippen MR) is 82.9 cm³/mol. The van der Waals surface area contributed by atoms with Crippen LogP contribution in [-0.4, -0.2) is 32.3 Å². The zero-order valence-electron chi connectivity index (χ0n) is 10.9. The standard InChI is InChI=1S/C12H25N3O.HI/c1-10(2)5-6-14-12(13)15-7-8-16-9-11-3-4-11;/h10-11H,3-9H2,1-2H3,(H3,13,14,15);1H. The second kappa shape index (κ2) is 9.94. The van der Waals surface area contributed by atoms with Gasteiger partial charge in [0.15, 0.2) is 5.96 Å². The Kier molecular flexibility index (Phi) is 9.91. The van der Waals surface area contributed by atoms with Gasteiger partial charge in [0.1, 0.15) is 0 Å². The zero-order chi connectivity index (χ0) is 11.8. The van der Waals surface area contributed by atoms with Crippen LogP contribution in [-0.2, 0) is 4.74 Å². The summed E-state index contributed by atoms with van der Waals surface area (Å²) in [7, 11) is 0. The molecule has 0 amide bonds. The number of nitrogens with two attached hydrogens (primary N) is 1. The van der Waals surface area contributed by atoms with Gasteiger partial charge in [-0.25, -0.2) is 0 Å². The minimum atomic E-state index is 0. The van der Waals surface area contributed by atoms with E-state index in [1.54, 1.807) is 0 Å². The molecule has 0 saturated heterocycles. The van der Waals surface area contributed by atoms with Crippen LogP contribution < -0.4 is 11.1 Å². The van der Waals surface area contributed by atoms with Crippen molar-refractivity contribution in [3.05, 3.63) is 0 Å². The SMILES string of the molecule is CC(C)CCN=C(N)NCCOCC1CC1.I. The van der Waals surface area contributed by atoms with Gasteiger partial charge in [0.05, 0.1) is 6.61 Å². The highest BCUT2D eigenvalue weighted by Crippen LogP contribution is 2.28. The topological polar surface area (TPSA) is 59.6 Å². The molecule has 4 nitrogen and oxygen atoms in total. The second-order valence-corrected chi connectivity index (χ2v) is 4.89. The summed E-state index contributed by atoms with van der Waals surface area (Å²) in [5, 5.41) is 3.05. The highest BCUT2D eigenvalue weighted by Gasteiger charge is 2.20. The Morgan fingerprint density at radius 2 is 2.18 bits per heavy atom. The van der Waals surface area contributed by atoms with Crippen LogP contribution in [0.2, 0.25) is 0 Å². The summed E-state index contributed by atoms with van der Waals surface area (Å²) in [6.45, 7) is 7.56. The van der Waals surface area contributed by atoms with Crippen molar-refractivity contribution in [2.45, 2.75) is 33.1 Å². The Morgan fingerprint density at radius 3 is 2.76 bits per heavy atom. The zero-order valence-corrected chi connectivity index (χ0v) is 13.3. The minimum Gasteiger partial charge on any atom is -0.379 e. The number of nitrogens with one attached hydrogen (secondary N) is 1. The number of nitrogens with zero attached hydrogens (tertiary/aromatic N) is 1. The summed E-state index contributed by atoms with van der Waals surface area (Å²) in [5.41, 5.74) is 5.70. The quantitative estimate of drug-likeness (QED) is 0.303. The fourth-order valence-electron chi connectivity index (χ4n) is 1.28. The minimum absolute atomic E-state index is 0. The van der Waals surface area contributed by atoms with Crippen molar-refractivity contribution in [1.29, 1.82) is 0 Å². The summed E-state index contributed by atoms with van der Waals surface area (Å²) < 4.78 is 5.48. The molecule has 0 aromatic carbocycles. The van der Waals surface area contributed by atoms with Crippen molar-refractivity contribution in [3.8, 4) is 0 Å². The number of ether oxygens (including phenoxy) is 1. The number of rotatable bonds is 8. The van der Waals surface area contributed by atoms with Gasteiger partial charge >= 0.3 is 0 Å². The van der Waals surface area contributed by atoms with Gasteiger partial charge in [0, 0.05) is 19.7 Å². The lowest BCUT2D eigenvalue weighted by Crippen LogP contribution is -2.34. The molecule has 5 heteroatoms. The third-order valence-electron chi connectivity index (χ3n) is 2.59. The fraction of sp³-hybridized carbons (Fsp3) is 0.917. The average molecular weight is 355 g/mol. The summed E-state index contributed by atoms with van der Waals surface area (Å²) in [5.74, 6) is 2.05. The Labute approximate surface area is 122 Å². The molecular formula is C12H26IN3O. The highest BCUT2D eigenvalue weighted by atomic mass is 127. The molecule has 17 heavy (non-hydrogen) atoms. The Morgan fingerprint density at radius 1 is 1.47 bits per heavy atom. The number of hydrogen-bond acceptors (Lipinski definition) is 2. The summed E-state index contributed by atoms with van der Waals surface area (Å²) in [6.07, 6.45) is 3.76. The van der Waals surface area contributed by atoms with Gasteiger partial charge in [0.2, 0.25) is 0 Å². The van der Waals surface area contributed by atoms with E-state index in [2.05, 4.69) is 24.2 Å². The molecule has 0 aromatic heterocycles. The number of halogens is 1. The first kappa shape index (κ1) is 17.0. The third-order valence-corrected chi connectivity index (χ3v) is 2.59. The molecule has 3 N–H and O–H groups in total. The molecule has 1 aliphatic rings. The largest absolute Gasteiger partial charge is 0.379 e. The van der Waals surface area contributed by atoms with E-state index in [-0.39, 0.29) is 24.0 Å². The summed E-state index contributed by atoms with van der Waals surface area (Å²) >= 11 is 0. The van der Waals surface area contributed by atoms with Gasteiger partial charge in [-0.2, -0.15) is 0 Å². The van der Waals surface area contributed by atoms with Gasteiger partial charge in [-0.15, -0.1) is 24.0 Å². The van der Waals surface area contributed by atoms with E-state index < -0.39 is 0 Å². The molecule has 102 valence electrons. The molecule has 0 radical (unpaired) electrons. The smallest absolute Gasteiger partial charge is 0.188 e. The Hall–Kier alpha value is -0.0400. The van der Waals surface area contributed by atoms with Crippen LogP contribution in [0.1, 0.15) is 33.1 Å². The maximum atomic E-state index is 5.70. The Balaban J connectivity index is 0.00000256. The first-order chi connectivity index (χ1) is 7.68. The van der Waals surface area contributed by atoms with E-state index in [1.165, 1.54) is 12.8 Å². The normalized spacial score (nSPS) is 15.8. The highest BCUT2D eigenvalue weighted by molar-refractivity contribution is 14.0. The maximum Gasteiger partial charge on any atom is 0.188 e. The van der Waals surface area contributed by atoms with Crippen molar-refractivity contribution in [2.75, 3.05) is 26.3 Å². The van der Waals surface area contributed by atoms with Crippen LogP contribution in [0.5, 0.6) is 0 Å².